The number of rotatable bonds is 52. The number of carbonyl (C=O) groups excluding carboxylic acids is 3. The summed E-state index contributed by atoms with van der Waals surface area (Å²) in [5, 5.41) is 31.5. The van der Waals surface area contributed by atoms with Gasteiger partial charge in [0.2, 0.25) is 0 Å². The lowest BCUT2D eigenvalue weighted by Crippen LogP contribution is -2.61. The first-order chi connectivity index (χ1) is 36.6. The van der Waals surface area contributed by atoms with E-state index in [1.807, 2.05) is 12.2 Å². The maximum absolute atomic E-state index is 13.1. The van der Waals surface area contributed by atoms with Crippen molar-refractivity contribution in [2.75, 3.05) is 13.2 Å². The summed E-state index contributed by atoms with van der Waals surface area (Å²) < 4.78 is 28.4. The minimum Gasteiger partial charge on any atom is -0.479 e. The number of hydrogen-bond acceptors (Lipinski definition) is 11. The Balaban J connectivity index is 2.67. The van der Waals surface area contributed by atoms with Crippen LogP contribution in [0.25, 0.3) is 0 Å². The molecule has 0 aromatic rings. The van der Waals surface area contributed by atoms with Crippen LogP contribution in [0.3, 0.4) is 0 Å². The van der Waals surface area contributed by atoms with Gasteiger partial charge in [0.15, 0.2) is 24.6 Å². The van der Waals surface area contributed by atoms with Crippen molar-refractivity contribution in [3.05, 3.63) is 48.6 Å². The first-order valence-corrected chi connectivity index (χ1v) is 30.6. The van der Waals surface area contributed by atoms with Gasteiger partial charge in [-0.25, -0.2) is 4.79 Å². The number of aliphatic hydroxyl groups excluding tert-OH is 2. The predicted octanol–water partition coefficient (Wildman–Crippen LogP) is 15.8. The standard InChI is InChI=1S/C63H110O12/c1-4-7-10-13-16-19-22-25-26-27-28-29-30-33-34-37-40-43-46-49-55(64)71-52-54(73-56(65)50-47-44-41-38-35-31-23-20-17-14-11-8-5-2)53-72-63-61(59(68)58(67)60(75-63)62(69)70)74-57(66)51-48-45-42-39-36-32-24-21-18-15-12-9-6-3/h8,11,17,20,31,35,41,44,54,58-61,63,67-68H,4-7,9-10,12-16,18-19,21-30,32-34,36-40,42-43,45-53H2,1-3H3,(H,69,70)/b11-8-,20-17-,35-31-,44-41-. The summed E-state index contributed by atoms with van der Waals surface area (Å²) in [6.45, 7) is 5.84. The van der Waals surface area contributed by atoms with Gasteiger partial charge < -0.3 is 39.0 Å². The molecule has 6 atom stereocenters. The molecule has 0 bridgehead atoms. The molecule has 1 rings (SSSR count). The van der Waals surface area contributed by atoms with E-state index >= 15 is 0 Å². The lowest BCUT2D eigenvalue weighted by molar-refractivity contribution is -0.301. The third kappa shape index (κ3) is 41.5. The molecule has 0 radical (unpaired) electrons. The van der Waals surface area contributed by atoms with Gasteiger partial charge in [-0.2, -0.15) is 0 Å². The molecule has 6 unspecified atom stereocenters. The molecule has 1 aliphatic rings. The van der Waals surface area contributed by atoms with Gasteiger partial charge in [0, 0.05) is 19.3 Å². The molecule has 434 valence electrons. The molecular weight excluding hydrogens is 949 g/mol. The van der Waals surface area contributed by atoms with Crippen molar-refractivity contribution in [2.45, 2.75) is 314 Å². The zero-order chi connectivity index (χ0) is 54.7. The van der Waals surface area contributed by atoms with E-state index in [0.717, 1.165) is 70.6 Å². The highest BCUT2D eigenvalue weighted by molar-refractivity contribution is 5.74. The minimum atomic E-state index is -1.91. The van der Waals surface area contributed by atoms with Crippen LogP contribution in [0.15, 0.2) is 48.6 Å². The molecule has 3 N–H and O–H groups in total. The third-order valence-corrected chi connectivity index (χ3v) is 13.9. The molecule has 0 saturated carbocycles. The van der Waals surface area contributed by atoms with Crippen LogP contribution >= 0.6 is 0 Å². The van der Waals surface area contributed by atoms with Crippen LogP contribution in [0.4, 0.5) is 0 Å². The molecule has 0 spiro atoms. The van der Waals surface area contributed by atoms with Crippen molar-refractivity contribution in [1.29, 1.82) is 0 Å². The fraction of sp³-hybridized carbons (Fsp3) is 0.810. The van der Waals surface area contributed by atoms with E-state index in [2.05, 4.69) is 57.2 Å². The van der Waals surface area contributed by atoms with Crippen LogP contribution in [-0.4, -0.2) is 89.2 Å². The highest BCUT2D eigenvalue weighted by Crippen LogP contribution is 2.27. The van der Waals surface area contributed by atoms with Gasteiger partial charge >= 0.3 is 23.9 Å². The van der Waals surface area contributed by atoms with Crippen molar-refractivity contribution in [3.8, 4) is 0 Å². The average molecular weight is 1060 g/mol. The number of carbonyl (C=O) groups is 4. The molecule has 0 aromatic heterocycles. The summed E-state index contributed by atoms with van der Waals surface area (Å²) in [4.78, 5) is 51.1. The topological polar surface area (TPSA) is 175 Å². The highest BCUT2D eigenvalue weighted by Gasteiger charge is 2.50. The second-order valence-electron chi connectivity index (χ2n) is 21.0. The van der Waals surface area contributed by atoms with Gasteiger partial charge in [-0.15, -0.1) is 0 Å². The smallest absolute Gasteiger partial charge is 0.335 e. The molecule has 12 heteroatoms. The Kier molecular flexibility index (Phi) is 47.8. The van der Waals surface area contributed by atoms with Crippen molar-refractivity contribution in [1.82, 2.24) is 0 Å². The maximum atomic E-state index is 13.1. The maximum Gasteiger partial charge on any atom is 0.335 e. The number of allylic oxidation sites excluding steroid dienone is 8. The number of ether oxygens (including phenoxy) is 5. The second-order valence-corrected chi connectivity index (χ2v) is 21.0. The van der Waals surface area contributed by atoms with E-state index in [-0.39, 0.29) is 25.9 Å². The first-order valence-electron chi connectivity index (χ1n) is 30.6. The molecule has 1 aliphatic heterocycles. The zero-order valence-electron chi connectivity index (χ0n) is 47.8. The Morgan fingerprint density at radius 3 is 1.25 bits per heavy atom. The Bertz CT molecular complexity index is 1490. The summed E-state index contributed by atoms with van der Waals surface area (Å²) >= 11 is 0. The molecule has 1 heterocycles. The van der Waals surface area contributed by atoms with Crippen molar-refractivity contribution < 1.29 is 58.2 Å². The van der Waals surface area contributed by atoms with Gasteiger partial charge in [-0.05, 0) is 44.9 Å². The van der Waals surface area contributed by atoms with E-state index in [0.29, 0.717) is 19.3 Å². The van der Waals surface area contributed by atoms with Crippen LogP contribution in [0, 0.1) is 0 Å². The van der Waals surface area contributed by atoms with E-state index in [1.54, 1.807) is 0 Å². The largest absolute Gasteiger partial charge is 0.479 e. The van der Waals surface area contributed by atoms with Crippen molar-refractivity contribution in [2.24, 2.45) is 0 Å². The molecule has 0 aromatic carbocycles. The van der Waals surface area contributed by atoms with Crippen LogP contribution in [0.2, 0.25) is 0 Å². The van der Waals surface area contributed by atoms with E-state index in [1.165, 1.54) is 148 Å². The van der Waals surface area contributed by atoms with Gasteiger partial charge in [0.1, 0.15) is 18.8 Å². The summed E-state index contributed by atoms with van der Waals surface area (Å²) in [6, 6.07) is 0. The fourth-order valence-corrected chi connectivity index (χ4v) is 9.27. The monoisotopic (exact) mass is 1060 g/mol. The normalized spacial score (nSPS) is 18.4. The number of hydrogen-bond donors (Lipinski definition) is 3. The summed E-state index contributed by atoms with van der Waals surface area (Å²) in [5.74, 6) is -3.20. The predicted molar refractivity (Wildman–Crippen MR) is 303 cm³/mol. The molecule has 1 fully saturated rings. The Hall–Kier alpha value is -3.32. The van der Waals surface area contributed by atoms with Gasteiger partial charge in [-0.1, -0.05) is 262 Å². The van der Waals surface area contributed by atoms with Gasteiger partial charge in [0.25, 0.3) is 0 Å². The van der Waals surface area contributed by atoms with E-state index < -0.39 is 67.3 Å². The molecule has 1 saturated heterocycles. The van der Waals surface area contributed by atoms with Crippen LogP contribution in [0.5, 0.6) is 0 Å². The number of aliphatic carboxylic acids is 1. The lowest BCUT2D eigenvalue weighted by Gasteiger charge is -2.40. The number of esters is 3. The van der Waals surface area contributed by atoms with Crippen molar-refractivity contribution >= 4 is 23.9 Å². The van der Waals surface area contributed by atoms with E-state index in [4.69, 9.17) is 23.7 Å². The van der Waals surface area contributed by atoms with E-state index in [9.17, 15) is 34.5 Å². The van der Waals surface area contributed by atoms with Crippen LogP contribution < -0.4 is 0 Å². The highest BCUT2D eigenvalue weighted by atomic mass is 16.7. The Labute approximate surface area is 456 Å². The van der Waals surface area contributed by atoms with Gasteiger partial charge in [0.05, 0.1) is 6.61 Å². The van der Waals surface area contributed by atoms with Gasteiger partial charge in [-0.3, -0.25) is 14.4 Å². The Morgan fingerprint density at radius 1 is 0.453 bits per heavy atom. The van der Waals surface area contributed by atoms with Crippen LogP contribution in [0.1, 0.15) is 278 Å². The number of unbranched alkanes of at least 4 members (excludes halogenated alkanes) is 30. The Morgan fingerprint density at radius 2 is 0.840 bits per heavy atom. The molecule has 12 nitrogen and oxygen atoms in total. The summed E-state index contributed by atoms with van der Waals surface area (Å²) in [7, 11) is 0. The molecular formula is C63H110O12. The second kappa shape index (κ2) is 51.4. The molecule has 75 heavy (non-hydrogen) atoms. The number of carboxylic acids is 1. The lowest BCUT2D eigenvalue weighted by atomic mass is 9.98. The number of aliphatic hydroxyl groups is 2. The summed E-state index contributed by atoms with van der Waals surface area (Å²) in [5.41, 5.74) is 0. The average Bonchev–Trinajstić information content (AvgIpc) is 3.39. The summed E-state index contributed by atoms with van der Waals surface area (Å²) in [6.07, 6.45) is 49.6. The van der Waals surface area contributed by atoms with Crippen molar-refractivity contribution in [3.63, 3.8) is 0 Å². The fourth-order valence-electron chi connectivity index (χ4n) is 9.27. The first kappa shape index (κ1) is 69.7. The number of carboxylic acid groups (broad SMARTS) is 1. The van der Waals surface area contributed by atoms with Crippen LogP contribution in [-0.2, 0) is 42.9 Å². The molecule has 0 amide bonds. The zero-order valence-corrected chi connectivity index (χ0v) is 47.8. The SMILES string of the molecule is CC/C=C\C/C=C\C/C=C\C/C=C\CCC(=O)OC(COC(=O)CCCCCCCCCCCCCCCCCCCCC)COC1OC(C(=O)O)C(O)C(O)C1OC(=O)CCCCCCCCCCCCCCC. The quantitative estimate of drug-likeness (QED) is 0.0228. The third-order valence-electron chi connectivity index (χ3n) is 13.9. The molecule has 0 aliphatic carbocycles. The minimum absolute atomic E-state index is 0.0450.